The fourth-order valence-corrected chi connectivity index (χ4v) is 2.13. The standard InChI is InChI=1S/C14H24N4O/c1-5-15-13-8-11(10(2)3)16-14(17-13)12-9-18(4)6-7-19-12/h8,10,12H,5-7,9H2,1-4H3,(H,15,16,17). The Kier molecular flexibility index (Phi) is 4.71. The van der Waals surface area contributed by atoms with Gasteiger partial charge in [0.25, 0.3) is 0 Å². The van der Waals surface area contributed by atoms with E-state index < -0.39 is 0 Å². The lowest BCUT2D eigenvalue weighted by molar-refractivity contribution is -0.0255. The lowest BCUT2D eigenvalue weighted by atomic mass is 10.1. The molecule has 0 spiro atoms. The minimum Gasteiger partial charge on any atom is -0.370 e. The minimum atomic E-state index is -0.0187. The molecule has 19 heavy (non-hydrogen) atoms. The summed E-state index contributed by atoms with van der Waals surface area (Å²) in [6, 6.07) is 2.03. The SMILES string of the molecule is CCNc1cc(C(C)C)nc(C2CN(C)CCO2)n1. The Hall–Kier alpha value is -1.20. The minimum absolute atomic E-state index is 0.0187. The number of nitrogens with one attached hydrogen (secondary N) is 1. The van der Waals surface area contributed by atoms with E-state index in [1.54, 1.807) is 0 Å². The third-order valence-corrected chi connectivity index (χ3v) is 3.27. The first-order chi connectivity index (χ1) is 9.10. The highest BCUT2D eigenvalue weighted by Gasteiger charge is 2.23. The van der Waals surface area contributed by atoms with E-state index in [4.69, 9.17) is 4.74 Å². The average Bonchev–Trinajstić information content (AvgIpc) is 2.38. The quantitative estimate of drug-likeness (QED) is 0.902. The van der Waals surface area contributed by atoms with E-state index in [1.807, 2.05) is 6.07 Å². The third-order valence-electron chi connectivity index (χ3n) is 3.27. The summed E-state index contributed by atoms with van der Waals surface area (Å²) in [5.41, 5.74) is 1.07. The van der Waals surface area contributed by atoms with E-state index >= 15 is 0 Å². The number of nitrogens with zero attached hydrogens (tertiary/aromatic N) is 3. The number of hydrogen-bond donors (Lipinski definition) is 1. The summed E-state index contributed by atoms with van der Waals surface area (Å²) in [7, 11) is 2.10. The summed E-state index contributed by atoms with van der Waals surface area (Å²) in [6.45, 7) is 9.80. The number of aromatic nitrogens is 2. The molecule has 5 nitrogen and oxygen atoms in total. The average molecular weight is 264 g/mol. The smallest absolute Gasteiger partial charge is 0.161 e. The fourth-order valence-electron chi connectivity index (χ4n) is 2.13. The molecule has 0 saturated carbocycles. The molecule has 1 N–H and O–H groups in total. The van der Waals surface area contributed by atoms with Crippen molar-refractivity contribution >= 4 is 5.82 Å². The number of ether oxygens (including phenoxy) is 1. The van der Waals surface area contributed by atoms with E-state index in [0.717, 1.165) is 43.6 Å². The van der Waals surface area contributed by atoms with E-state index in [0.29, 0.717) is 5.92 Å². The molecule has 1 aromatic rings. The van der Waals surface area contributed by atoms with Crippen molar-refractivity contribution < 1.29 is 4.74 Å². The molecule has 0 radical (unpaired) electrons. The molecule has 0 aromatic carbocycles. The predicted molar refractivity (Wildman–Crippen MR) is 76.5 cm³/mol. The predicted octanol–water partition coefficient (Wildman–Crippen LogP) is 2.03. The summed E-state index contributed by atoms with van der Waals surface area (Å²) in [4.78, 5) is 11.5. The van der Waals surface area contributed by atoms with Crippen LogP contribution in [-0.4, -0.2) is 48.2 Å². The van der Waals surface area contributed by atoms with Crippen LogP contribution in [0.1, 0.15) is 44.3 Å². The van der Waals surface area contributed by atoms with Crippen LogP contribution in [0.2, 0.25) is 0 Å². The van der Waals surface area contributed by atoms with Gasteiger partial charge in [-0.25, -0.2) is 9.97 Å². The van der Waals surface area contributed by atoms with Gasteiger partial charge in [0.1, 0.15) is 11.9 Å². The summed E-state index contributed by atoms with van der Waals surface area (Å²) < 4.78 is 5.81. The van der Waals surface area contributed by atoms with Gasteiger partial charge in [-0.15, -0.1) is 0 Å². The van der Waals surface area contributed by atoms with E-state index in [9.17, 15) is 0 Å². The topological polar surface area (TPSA) is 50.3 Å². The summed E-state index contributed by atoms with van der Waals surface area (Å²) >= 11 is 0. The van der Waals surface area contributed by atoms with Crippen LogP contribution < -0.4 is 5.32 Å². The van der Waals surface area contributed by atoms with Gasteiger partial charge in [0.15, 0.2) is 5.82 Å². The highest BCUT2D eigenvalue weighted by molar-refractivity contribution is 5.37. The normalized spacial score (nSPS) is 20.8. The molecule has 1 aromatic heterocycles. The van der Waals surface area contributed by atoms with Crippen molar-refractivity contribution in [3.63, 3.8) is 0 Å². The van der Waals surface area contributed by atoms with Gasteiger partial charge in [0.2, 0.25) is 0 Å². The van der Waals surface area contributed by atoms with E-state index in [-0.39, 0.29) is 6.10 Å². The Balaban J connectivity index is 2.27. The molecule has 0 amide bonds. The Morgan fingerprint density at radius 3 is 2.89 bits per heavy atom. The molecule has 2 rings (SSSR count). The van der Waals surface area contributed by atoms with Gasteiger partial charge < -0.3 is 15.0 Å². The summed E-state index contributed by atoms with van der Waals surface area (Å²) in [6.07, 6.45) is -0.0187. The second-order valence-electron chi connectivity index (χ2n) is 5.34. The second-order valence-corrected chi connectivity index (χ2v) is 5.34. The number of rotatable bonds is 4. The molecular weight excluding hydrogens is 240 g/mol. The van der Waals surface area contributed by atoms with Crippen LogP contribution in [0.25, 0.3) is 0 Å². The molecule has 1 fully saturated rings. The van der Waals surface area contributed by atoms with Gasteiger partial charge in [-0.1, -0.05) is 13.8 Å². The van der Waals surface area contributed by atoms with Crippen LogP contribution in [0.5, 0.6) is 0 Å². The van der Waals surface area contributed by atoms with Gasteiger partial charge in [-0.05, 0) is 19.9 Å². The first-order valence-corrected chi connectivity index (χ1v) is 7.03. The molecule has 1 aliphatic heterocycles. The molecule has 0 bridgehead atoms. The van der Waals surface area contributed by atoms with Gasteiger partial charge in [0, 0.05) is 31.4 Å². The van der Waals surface area contributed by atoms with Crippen molar-refractivity contribution in [2.75, 3.05) is 38.6 Å². The molecule has 1 unspecified atom stereocenters. The van der Waals surface area contributed by atoms with Crippen LogP contribution in [-0.2, 0) is 4.74 Å². The Bertz CT molecular complexity index is 422. The number of anilines is 1. The second kappa shape index (κ2) is 6.30. The monoisotopic (exact) mass is 264 g/mol. The van der Waals surface area contributed by atoms with Crippen molar-refractivity contribution in [2.45, 2.75) is 32.8 Å². The molecule has 1 aliphatic rings. The number of hydrogen-bond acceptors (Lipinski definition) is 5. The summed E-state index contributed by atoms with van der Waals surface area (Å²) in [5, 5.41) is 3.27. The van der Waals surface area contributed by atoms with Crippen molar-refractivity contribution in [2.24, 2.45) is 0 Å². The van der Waals surface area contributed by atoms with Crippen LogP contribution in [0.4, 0.5) is 5.82 Å². The van der Waals surface area contributed by atoms with Crippen LogP contribution >= 0.6 is 0 Å². The van der Waals surface area contributed by atoms with Crippen molar-refractivity contribution in [1.29, 1.82) is 0 Å². The van der Waals surface area contributed by atoms with Crippen LogP contribution in [0.15, 0.2) is 6.07 Å². The third kappa shape index (κ3) is 3.64. The van der Waals surface area contributed by atoms with E-state index in [2.05, 4.69) is 48.0 Å². The molecule has 5 heteroatoms. The lowest BCUT2D eigenvalue weighted by Gasteiger charge is -2.29. The zero-order valence-corrected chi connectivity index (χ0v) is 12.3. The maximum atomic E-state index is 5.81. The molecule has 2 heterocycles. The largest absolute Gasteiger partial charge is 0.370 e. The zero-order valence-electron chi connectivity index (χ0n) is 12.3. The summed E-state index contributed by atoms with van der Waals surface area (Å²) in [5.74, 6) is 2.09. The Morgan fingerprint density at radius 2 is 2.26 bits per heavy atom. The van der Waals surface area contributed by atoms with Gasteiger partial charge in [-0.2, -0.15) is 0 Å². The molecule has 106 valence electrons. The molecular formula is C14H24N4O. The highest BCUT2D eigenvalue weighted by atomic mass is 16.5. The fraction of sp³-hybridized carbons (Fsp3) is 0.714. The van der Waals surface area contributed by atoms with Crippen molar-refractivity contribution in [1.82, 2.24) is 14.9 Å². The Morgan fingerprint density at radius 1 is 1.47 bits per heavy atom. The highest BCUT2D eigenvalue weighted by Crippen LogP contribution is 2.23. The first kappa shape index (κ1) is 14.2. The Labute approximate surface area is 115 Å². The van der Waals surface area contributed by atoms with Crippen molar-refractivity contribution in [3.8, 4) is 0 Å². The zero-order chi connectivity index (χ0) is 13.8. The van der Waals surface area contributed by atoms with Crippen LogP contribution in [0.3, 0.4) is 0 Å². The molecule has 1 saturated heterocycles. The van der Waals surface area contributed by atoms with Crippen LogP contribution in [0, 0.1) is 0 Å². The van der Waals surface area contributed by atoms with E-state index in [1.165, 1.54) is 0 Å². The maximum Gasteiger partial charge on any atom is 0.161 e. The maximum absolute atomic E-state index is 5.81. The van der Waals surface area contributed by atoms with Gasteiger partial charge in [-0.3, -0.25) is 0 Å². The molecule has 0 aliphatic carbocycles. The first-order valence-electron chi connectivity index (χ1n) is 7.03. The number of likely N-dealkylation sites (N-methyl/N-ethyl adjacent to an activating group) is 1. The molecule has 1 atom stereocenters. The van der Waals surface area contributed by atoms with Crippen molar-refractivity contribution in [3.05, 3.63) is 17.6 Å². The van der Waals surface area contributed by atoms with Gasteiger partial charge in [0.05, 0.1) is 6.61 Å². The lowest BCUT2D eigenvalue weighted by Crippen LogP contribution is -2.36. The number of morpholine rings is 1. The van der Waals surface area contributed by atoms with Gasteiger partial charge >= 0.3 is 0 Å².